The lowest BCUT2D eigenvalue weighted by molar-refractivity contribution is -0.384. The predicted molar refractivity (Wildman–Crippen MR) is 76.8 cm³/mol. The number of ether oxygens (including phenoxy) is 1. The lowest BCUT2D eigenvalue weighted by Gasteiger charge is -2.60. The summed E-state index contributed by atoms with van der Waals surface area (Å²) in [5.41, 5.74) is 5.50. The van der Waals surface area contributed by atoms with E-state index in [9.17, 15) is 10.1 Å². The van der Waals surface area contributed by atoms with E-state index in [0.717, 1.165) is 32.1 Å². The highest BCUT2D eigenvalue weighted by Crippen LogP contribution is 2.57. The number of hydrogen-bond acceptors (Lipinski definition) is 7. The largest absolute Gasteiger partial charge is 0.378 e. The van der Waals surface area contributed by atoms with Gasteiger partial charge >= 0.3 is 5.69 Å². The Bertz CT molecular complexity index is 561. The molecule has 0 aliphatic heterocycles. The molecule has 0 amide bonds. The van der Waals surface area contributed by atoms with E-state index in [2.05, 4.69) is 15.3 Å². The molecule has 2 aliphatic carbocycles. The zero-order valence-electron chi connectivity index (χ0n) is 11.9. The van der Waals surface area contributed by atoms with E-state index in [1.807, 2.05) is 6.92 Å². The summed E-state index contributed by atoms with van der Waals surface area (Å²) in [5, 5.41) is 14.0. The molecule has 21 heavy (non-hydrogen) atoms. The van der Waals surface area contributed by atoms with Crippen LogP contribution in [0, 0.1) is 15.5 Å². The molecule has 2 aliphatic rings. The third kappa shape index (κ3) is 2.19. The van der Waals surface area contributed by atoms with Crippen molar-refractivity contribution in [3.8, 4) is 0 Å². The fourth-order valence-corrected chi connectivity index (χ4v) is 3.40. The molecule has 0 aromatic carbocycles. The van der Waals surface area contributed by atoms with E-state index in [4.69, 9.17) is 10.5 Å². The van der Waals surface area contributed by atoms with Crippen LogP contribution in [0.5, 0.6) is 0 Å². The van der Waals surface area contributed by atoms with E-state index >= 15 is 0 Å². The highest BCUT2D eigenvalue weighted by molar-refractivity contribution is 5.53. The summed E-state index contributed by atoms with van der Waals surface area (Å²) in [6.45, 7) is 2.73. The number of hydrogen-bond donors (Lipinski definition) is 2. The number of nitro groups is 1. The van der Waals surface area contributed by atoms with Gasteiger partial charge in [-0.2, -0.15) is 4.98 Å². The molecule has 0 radical (unpaired) electrons. The van der Waals surface area contributed by atoms with Crippen LogP contribution in [0.4, 0.5) is 17.5 Å². The second-order valence-electron chi connectivity index (χ2n) is 5.68. The van der Waals surface area contributed by atoms with Crippen LogP contribution in [0.25, 0.3) is 0 Å². The first kappa shape index (κ1) is 14.0. The SMILES string of the molecule is CCO[C@H]1C[C@H](Nc2ncc([N+](=O)[O-])c(N)n2)C12CCC2. The Hall–Kier alpha value is -1.96. The van der Waals surface area contributed by atoms with Gasteiger partial charge < -0.3 is 15.8 Å². The second-order valence-corrected chi connectivity index (χ2v) is 5.68. The molecule has 1 heterocycles. The first-order valence-corrected chi connectivity index (χ1v) is 7.22. The summed E-state index contributed by atoms with van der Waals surface area (Å²) in [6.07, 6.45) is 5.84. The molecule has 3 rings (SSSR count). The van der Waals surface area contributed by atoms with Gasteiger partial charge in [0, 0.05) is 18.1 Å². The Labute approximate surface area is 122 Å². The smallest absolute Gasteiger partial charge is 0.329 e. The maximum Gasteiger partial charge on any atom is 0.329 e. The molecule has 2 atom stereocenters. The highest BCUT2D eigenvalue weighted by Gasteiger charge is 2.59. The molecule has 114 valence electrons. The quantitative estimate of drug-likeness (QED) is 0.627. The lowest BCUT2D eigenvalue weighted by atomic mass is 9.51. The predicted octanol–water partition coefficient (Wildman–Crippen LogP) is 1.73. The maximum absolute atomic E-state index is 10.7. The Morgan fingerprint density at radius 3 is 2.90 bits per heavy atom. The Morgan fingerprint density at radius 2 is 2.38 bits per heavy atom. The van der Waals surface area contributed by atoms with Crippen molar-refractivity contribution < 1.29 is 9.66 Å². The fraction of sp³-hybridized carbons (Fsp3) is 0.692. The number of rotatable bonds is 5. The molecule has 3 N–H and O–H groups in total. The summed E-state index contributed by atoms with van der Waals surface area (Å²) in [4.78, 5) is 18.1. The van der Waals surface area contributed by atoms with Gasteiger partial charge in [-0.1, -0.05) is 6.42 Å². The number of nitrogens with one attached hydrogen (secondary N) is 1. The number of aromatic nitrogens is 2. The third-order valence-corrected chi connectivity index (χ3v) is 4.74. The van der Waals surface area contributed by atoms with Crippen molar-refractivity contribution in [1.29, 1.82) is 0 Å². The normalized spacial score (nSPS) is 26.0. The first-order chi connectivity index (χ1) is 10.1. The molecule has 0 saturated heterocycles. The van der Waals surface area contributed by atoms with E-state index in [1.165, 1.54) is 6.42 Å². The van der Waals surface area contributed by atoms with Gasteiger partial charge in [0.25, 0.3) is 0 Å². The van der Waals surface area contributed by atoms with E-state index in [-0.39, 0.29) is 23.0 Å². The van der Waals surface area contributed by atoms with Crippen molar-refractivity contribution in [3.05, 3.63) is 16.3 Å². The van der Waals surface area contributed by atoms with Crippen LogP contribution in [0.1, 0.15) is 32.6 Å². The monoisotopic (exact) mass is 293 g/mol. The summed E-state index contributed by atoms with van der Waals surface area (Å²) in [6, 6.07) is 0.253. The van der Waals surface area contributed by atoms with Crippen molar-refractivity contribution in [2.75, 3.05) is 17.7 Å². The lowest BCUT2D eigenvalue weighted by Crippen LogP contribution is -2.64. The van der Waals surface area contributed by atoms with Gasteiger partial charge in [-0.05, 0) is 26.2 Å². The Balaban J connectivity index is 1.70. The van der Waals surface area contributed by atoms with Crippen molar-refractivity contribution in [2.45, 2.75) is 44.8 Å². The van der Waals surface area contributed by atoms with Crippen LogP contribution in [0.15, 0.2) is 6.20 Å². The zero-order valence-corrected chi connectivity index (χ0v) is 11.9. The summed E-state index contributed by atoms with van der Waals surface area (Å²) in [7, 11) is 0. The number of anilines is 2. The average Bonchev–Trinajstić information content (AvgIpc) is 2.35. The minimum atomic E-state index is -0.582. The minimum absolute atomic E-state index is 0.110. The van der Waals surface area contributed by atoms with Gasteiger partial charge in [0.15, 0.2) is 0 Å². The molecule has 1 aromatic rings. The standard InChI is InChI=1S/C13H19N5O3/c1-2-21-10-6-9(13(10)4-3-5-13)16-12-15-7-8(18(19)20)11(14)17-12/h7,9-10H,2-6H2,1H3,(H3,14,15,16,17)/t9-,10-/m0/s1. The Kier molecular flexibility index (Phi) is 3.40. The van der Waals surface area contributed by atoms with E-state index in [1.54, 1.807) is 0 Å². The number of nitrogen functional groups attached to an aromatic ring is 1. The van der Waals surface area contributed by atoms with Crippen LogP contribution in [-0.4, -0.2) is 33.6 Å². The molecular weight excluding hydrogens is 274 g/mol. The summed E-state index contributed by atoms with van der Waals surface area (Å²) in [5.74, 6) is 0.241. The highest BCUT2D eigenvalue weighted by atomic mass is 16.6. The van der Waals surface area contributed by atoms with Crippen molar-refractivity contribution in [2.24, 2.45) is 5.41 Å². The van der Waals surface area contributed by atoms with Gasteiger partial charge in [-0.25, -0.2) is 4.98 Å². The first-order valence-electron chi connectivity index (χ1n) is 7.22. The number of nitrogens with zero attached hydrogens (tertiary/aromatic N) is 3. The van der Waals surface area contributed by atoms with E-state index in [0.29, 0.717) is 12.1 Å². The molecule has 1 spiro atoms. The van der Waals surface area contributed by atoms with Gasteiger partial charge in [0.05, 0.1) is 11.0 Å². The molecule has 8 heteroatoms. The van der Waals surface area contributed by atoms with Gasteiger partial charge in [-0.3, -0.25) is 10.1 Å². The summed E-state index contributed by atoms with van der Waals surface area (Å²) < 4.78 is 5.78. The second kappa shape index (κ2) is 5.10. The molecular formula is C13H19N5O3. The van der Waals surface area contributed by atoms with Crippen molar-refractivity contribution >= 4 is 17.5 Å². The van der Waals surface area contributed by atoms with Gasteiger partial charge in [0.2, 0.25) is 11.8 Å². The average molecular weight is 293 g/mol. The van der Waals surface area contributed by atoms with Crippen molar-refractivity contribution in [3.63, 3.8) is 0 Å². The number of nitrogens with two attached hydrogens (primary N) is 1. The summed E-state index contributed by atoms with van der Waals surface area (Å²) >= 11 is 0. The Morgan fingerprint density at radius 1 is 1.62 bits per heavy atom. The van der Waals surface area contributed by atoms with Gasteiger partial charge in [0.1, 0.15) is 6.20 Å². The van der Waals surface area contributed by atoms with Crippen LogP contribution in [0.2, 0.25) is 0 Å². The maximum atomic E-state index is 10.7. The molecule has 2 fully saturated rings. The van der Waals surface area contributed by atoms with Crippen molar-refractivity contribution in [1.82, 2.24) is 9.97 Å². The minimum Gasteiger partial charge on any atom is -0.378 e. The topological polar surface area (TPSA) is 116 Å². The molecule has 0 unspecified atom stereocenters. The van der Waals surface area contributed by atoms with Crippen LogP contribution in [-0.2, 0) is 4.74 Å². The molecule has 8 nitrogen and oxygen atoms in total. The van der Waals surface area contributed by atoms with E-state index < -0.39 is 4.92 Å². The zero-order chi connectivity index (χ0) is 15.0. The molecule has 0 bridgehead atoms. The van der Waals surface area contributed by atoms with Crippen LogP contribution in [0.3, 0.4) is 0 Å². The molecule has 2 saturated carbocycles. The van der Waals surface area contributed by atoms with Crippen LogP contribution < -0.4 is 11.1 Å². The fourth-order valence-electron chi connectivity index (χ4n) is 3.40. The van der Waals surface area contributed by atoms with Crippen LogP contribution >= 0.6 is 0 Å². The van der Waals surface area contributed by atoms with Gasteiger partial charge in [-0.15, -0.1) is 0 Å². The third-order valence-electron chi connectivity index (χ3n) is 4.74. The molecule has 1 aromatic heterocycles.